The molecule has 0 aliphatic rings. The van der Waals surface area contributed by atoms with Crippen molar-refractivity contribution in [2.24, 2.45) is 0 Å². The van der Waals surface area contributed by atoms with Crippen molar-refractivity contribution >= 4 is 23.1 Å². The monoisotopic (exact) mass is 276 g/mol. The van der Waals surface area contributed by atoms with Crippen LogP contribution in [0.1, 0.15) is 0 Å². The number of benzene rings is 1. The topological polar surface area (TPSA) is 24.9 Å². The van der Waals surface area contributed by atoms with Gasteiger partial charge in [-0.3, -0.25) is 0 Å². The Morgan fingerprint density at radius 1 is 0.944 bits per heavy atom. The van der Waals surface area contributed by atoms with Crippen molar-refractivity contribution in [1.29, 1.82) is 0 Å². The fourth-order valence-corrected chi connectivity index (χ4v) is 1.36. The van der Waals surface area contributed by atoms with Crippen LogP contribution in [0.4, 0.5) is 29.1 Å². The lowest BCUT2D eigenvalue weighted by Crippen LogP contribution is -2.01. The highest BCUT2D eigenvalue weighted by Crippen LogP contribution is 2.23. The van der Waals surface area contributed by atoms with Crippen molar-refractivity contribution in [3.63, 3.8) is 0 Å². The minimum atomic E-state index is -1.45. The van der Waals surface area contributed by atoms with Crippen LogP contribution in [0.3, 0.4) is 0 Å². The third kappa shape index (κ3) is 2.53. The summed E-state index contributed by atoms with van der Waals surface area (Å²) in [6.07, 6.45) is 0. The van der Waals surface area contributed by atoms with Gasteiger partial charge in [0.15, 0.2) is 17.5 Å². The third-order valence-corrected chi connectivity index (χ3v) is 2.38. The first-order chi connectivity index (χ1) is 8.47. The molecule has 0 atom stereocenters. The van der Waals surface area contributed by atoms with E-state index < -0.39 is 29.2 Å². The SMILES string of the molecule is Fc1cc(Nc2nc(F)c(F)cc2F)ccc1Cl. The lowest BCUT2D eigenvalue weighted by atomic mass is 10.3. The van der Waals surface area contributed by atoms with Gasteiger partial charge >= 0.3 is 0 Å². The van der Waals surface area contributed by atoms with E-state index in [1.807, 2.05) is 0 Å². The van der Waals surface area contributed by atoms with Crippen molar-refractivity contribution in [3.8, 4) is 0 Å². The Morgan fingerprint density at radius 2 is 1.67 bits per heavy atom. The molecule has 94 valence electrons. The molecule has 1 aromatic heterocycles. The predicted molar refractivity (Wildman–Crippen MR) is 58.8 cm³/mol. The van der Waals surface area contributed by atoms with Crippen molar-refractivity contribution in [2.75, 3.05) is 5.32 Å². The average molecular weight is 277 g/mol. The number of hydrogen-bond acceptors (Lipinski definition) is 2. The van der Waals surface area contributed by atoms with Gasteiger partial charge in [0.1, 0.15) is 5.82 Å². The largest absolute Gasteiger partial charge is 0.338 e. The second-order valence-electron chi connectivity index (χ2n) is 3.35. The van der Waals surface area contributed by atoms with Gasteiger partial charge in [-0.25, -0.2) is 13.2 Å². The molecule has 18 heavy (non-hydrogen) atoms. The number of hydrogen-bond donors (Lipinski definition) is 1. The van der Waals surface area contributed by atoms with Crippen molar-refractivity contribution in [2.45, 2.75) is 0 Å². The van der Waals surface area contributed by atoms with E-state index in [4.69, 9.17) is 11.6 Å². The fraction of sp³-hybridized carbons (Fsp3) is 0. The molecular weight excluding hydrogens is 272 g/mol. The number of anilines is 2. The molecule has 0 fully saturated rings. The minimum absolute atomic E-state index is 0.106. The minimum Gasteiger partial charge on any atom is -0.338 e. The molecule has 1 N–H and O–H groups in total. The van der Waals surface area contributed by atoms with Crippen LogP contribution in [-0.2, 0) is 0 Å². The number of aromatic nitrogens is 1. The summed E-state index contributed by atoms with van der Waals surface area (Å²) in [7, 11) is 0. The number of pyridine rings is 1. The van der Waals surface area contributed by atoms with Gasteiger partial charge in [0.25, 0.3) is 5.95 Å². The number of nitrogens with zero attached hydrogens (tertiary/aromatic N) is 1. The summed E-state index contributed by atoms with van der Waals surface area (Å²) in [6.45, 7) is 0. The summed E-state index contributed by atoms with van der Waals surface area (Å²) in [6, 6.07) is 3.90. The standard InChI is InChI=1S/C11H5ClF4N2/c12-6-2-1-5(3-7(6)13)17-11-9(15)4-8(14)10(16)18-11/h1-4H,(H,17,18). The first kappa shape index (κ1) is 12.6. The van der Waals surface area contributed by atoms with Crippen molar-refractivity contribution in [3.05, 3.63) is 52.7 Å². The van der Waals surface area contributed by atoms with E-state index >= 15 is 0 Å². The van der Waals surface area contributed by atoms with Gasteiger partial charge in [-0.1, -0.05) is 11.6 Å². The molecule has 0 bridgehead atoms. The molecule has 1 heterocycles. The molecule has 0 radical (unpaired) electrons. The highest BCUT2D eigenvalue weighted by molar-refractivity contribution is 6.30. The first-order valence-electron chi connectivity index (χ1n) is 4.71. The maximum Gasteiger partial charge on any atom is 0.251 e. The molecule has 0 saturated heterocycles. The number of rotatable bonds is 2. The zero-order valence-corrected chi connectivity index (χ0v) is 9.40. The molecule has 0 unspecified atom stereocenters. The van der Waals surface area contributed by atoms with E-state index in [2.05, 4.69) is 10.3 Å². The molecule has 0 saturated carbocycles. The molecular formula is C11H5ClF4N2. The molecule has 0 aliphatic carbocycles. The number of nitrogens with one attached hydrogen (secondary N) is 1. The van der Waals surface area contributed by atoms with Crippen LogP contribution < -0.4 is 5.32 Å². The van der Waals surface area contributed by atoms with E-state index in [1.54, 1.807) is 0 Å². The van der Waals surface area contributed by atoms with Crippen molar-refractivity contribution < 1.29 is 17.6 Å². The molecule has 0 spiro atoms. The lowest BCUT2D eigenvalue weighted by Gasteiger charge is -2.07. The van der Waals surface area contributed by atoms with E-state index in [0.717, 1.165) is 6.07 Å². The van der Waals surface area contributed by atoms with Crippen molar-refractivity contribution in [1.82, 2.24) is 4.98 Å². The Hall–Kier alpha value is -1.82. The molecule has 2 aromatic rings. The number of halogens is 5. The summed E-state index contributed by atoms with van der Waals surface area (Å²) in [5.74, 6) is -5.22. The third-order valence-electron chi connectivity index (χ3n) is 2.07. The Kier molecular flexibility index (Phi) is 3.38. The highest BCUT2D eigenvalue weighted by atomic mass is 35.5. The fourth-order valence-electron chi connectivity index (χ4n) is 1.24. The maximum absolute atomic E-state index is 13.2. The summed E-state index contributed by atoms with van der Waals surface area (Å²) in [5.41, 5.74) is 0.106. The van der Waals surface area contributed by atoms with E-state index in [0.29, 0.717) is 6.07 Å². The predicted octanol–water partition coefficient (Wildman–Crippen LogP) is 4.04. The normalized spacial score (nSPS) is 10.5. The second-order valence-corrected chi connectivity index (χ2v) is 3.75. The van der Waals surface area contributed by atoms with Gasteiger partial charge < -0.3 is 5.32 Å². The van der Waals surface area contributed by atoms with Gasteiger partial charge in [0, 0.05) is 11.8 Å². The molecule has 0 aliphatic heterocycles. The zero-order chi connectivity index (χ0) is 13.3. The van der Waals surface area contributed by atoms with E-state index in [-0.39, 0.29) is 10.7 Å². The summed E-state index contributed by atoms with van der Waals surface area (Å²) >= 11 is 5.46. The Balaban J connectivity index is 2.34. The van der Waals surface area contributed by atoms with E-state index in [9.17, 15) is 17.6 Å². The van der Waals surface area contributed by atoms with Crippen LogP contribution in [-0.4, -0.2) is 4.98 Å². The van der Waals surface area contributed by atoms with Crippen LogP contribution in [0.15, 0.2) is 24.3 Å². The van der Waals surface area contributed by atoms with Crippen LogP contribution >= 0.6 is 11.6 Å². The quantitative estimate of drug-likeness (QED) is 0.661. The maximum atomic E-state index is 13.2. The van der Waals surface area contributed by atoms with Crippen LogP contribution in [0, 0.1) is 23.4 Å². The molecule has 2 nitrogen and oxygen atoms in total. The summed E-state index contributed by atoms with van der Waals surface area (Å²) < 4.78 is 51.8. The Morgan fingerprint density at radius 3 is 2.33 bits per heavy atom. The second kappa shape index (κ2) is 4.81. The smallest absolute Gasteiger partial charge is 0.251 e. The Labute approximate surface area is 104 Å². The molecule has 1 aromatic carbocycles. The first-order valence-corrected chi connectivity index (χ1v) is 5.09. The van der Waals surface area contributed by atoms with Gasteiger partial charge in [-0.15, -0.1) is 0 Å². The summed E-state index contributed by atoms with van der Waals surface area (Å²) in [4.78, 5) is 3.04. The van der Waals surface area contributed by atoms with E-state index in [1.165, 1.54) is 12.1 Å². The Bertz CT molecular complexity index is 604. The molecule has 2 rings (SSSR count). The highest BCUT2D eigenvalue weighted by Gasteiger charge is 2.12. The van der Waals surface area contributed by atoms with Crippen LogP contribution in [0.25, 0.3) is 0 Å². The average Bonchev–Trinajstić information content (AvgIpc) is 2.31. The zero-order valence-electron chi connectivity index (χ0n) is 8.65. The summed E-state index contributed by atoms with van der Waals surface area (Å²) in [5, 5.41) is 2.21. The molecule has 0 amide bonds. The lowest BCUT2D eigenvalue weighted by molar-refractivity contribution is 0.467. The molecule has 7 heteroatoms. The van der Waals surface area contributed by atoms with Gasteiger partial charge in [0.2, 0.25) is 0 Å². The van der Waals surface area contributed by atoms with Gasteiger partial charge in [-0.05, 0) is 18.2 Å². The van der Waals surface area contributed by atoms with Crippen LogP contribution in [0.2, 0.25) is 5.02 Å². The van der Waals surface area contributed by atoms with Crippen LogP contribution in [0.5, 0.6) is 0 Å². The van der Waals surface area contributed by atoms with Gasteiger partial charge in [0.05, 0.1) is 5.02 Å². The van der Waals surface area contributed by atoms with Gasteiger partial charge in [-0.2, -0.15) is 9.37 Å².